The molecular formula is C12H22N2O5S. The van der Waals surface area contributed by atoms with Gasteiger partial charge in [0, 0.05) is 26.2 Å². The molecule has 0 spiro atoms. The van der Waals surface area contributed by atoms with Gasteiger partial charge in [0.25, 0.3) is 10.2 Å². The number of aliphatic hydroxyl groups excluding tert-OH is 1. The smallest absolute Gasteiger partial charge is 0.308 e. The molecule has 2 rings (SSSR count). The van der Waals surface area contributed by atoms with Gasteiger partial charge in [-0.25, -0.2) is 0 Å². The lowest BCUT2D eigenvalue weighted by molar-refractivity contribution is -0.146. The minimum atomic E-state index is -3.52. The number of ether oxygens (including phenoxy) is 1. The molecular weight excluding hydrogens is 284 g/mol. The van der Waals surface area contributed by atoms with E-state index in [1.807, 2.05) is 0 Å². The summed E-state index contributed by atoms with van der Waals surface area (Å²) in [4.78, 5) is 11.4. The van der Waals surface area contributed by atoms with Crippen LogP contribution in [0, 0.1) is 5.92 Å². The number of methoxy groups -OCH3 is 1. The van der Waals surface area contributed by atoms with Crippen LogP contribution in [0.2, 0.25) is 0 Å². The Kier molecular flexibility index (Phi) is 5.00. The van der Waals surface area contributed by atoms with E-state index in [4.69, 9.17) is 4.74 Å². The maximum absolute atomic E-state index is 12.5. The SMILES string of the molecule is COC(=O)C1CCN(S(=O)(=O)N2CCCC(O)C2)CC1. The number of carbonyl (C=O) groups excluding carboxylic acids is 1. The van der Waals surface area contributed by atoms with Crippen LogP contribution in [0.25, 0.3) is 0 Å². The van der Waals surface area contributed by atoms with Crippen LogP contribution in [0.4, 0.5) is 0 Å². The molecule has 2 aliphatic heterocycles. The zero-order valence-corrected chi connectivity index (χ0v) is 12.5. The van der Waals surface area contributed by atoms with Gasteiger partial charge in [0.1, 0.15) is 0 Å². The molecule has 2 aliphatic rings. The van der Waals surface area contributed by atoms with Gasteiger partial charge in [0.2, 0.25) is 0 Å². The Morgan fingerprint density at radius 2 is 1.80 bits per heavy atom. The van der Waals surface area contributed by atoms with Crippen molar-refractivity contribution in [1.82, 2.24) is 8.61 Å². The summed E-state index contributed by atoms with van der Waals surface area (Å²) in [6.45, 7) is 1.28. The molecule has 2 heterocycles. The van der Waals surface area contributed by atoms with E-state index in [-0.39, 0.29) is 18.4 Å². The average molecular weight is 306 g/mol. The normalized spacial score (nSPS) is 27.4. The number of rotatable bonds is 3. The Labute approximate surface area is 119 Å². The lowest BCUT2D eigenvalue weighted by atomic mass is 9.99. The van der Waals surface area contributed by atoms with Crippen molar-refractivity contribution < 1.29 is 23.1 Å². The summed E-state index contributed by atoms with van der Waals surface area (Å²) in [7, 11) is -2.17. The Balaban J connectivity index is 1.96. The Bertz CT molecular complexity index is 445. The molecule has 116 valence electrons. The predicted octanol–water partition coefficient (Wildman–Crippen LogP) is -0.427. The van der Waals surface area contributed by atoms with E-state index in [1.54, 1.807) is 0 Å². The summed E-state index contributed by atoms with van der Waals surface area (Å²) in [5.74, 6) is -0.478. The van der Waals surface area contributed by atoms with Crippen molar-refractivity contribution in [1.29, 1.82) is 0 Å². The number of esters is 1. The molecule has 0 radical (unpaired) electrons. The number of hydrogen-bond acceptors (Lipinski definition) is 5. The molecule has 1 unspecified atom stereocenters. The maximum Gasteiger partial charge on any atom is 0.308 e. The number of β-amino-alcohol motifs (C(OH)–C–C–N with tert-alkyl or cyclic N) is 1. The number of hydrogen-bond donors (Lipinski definition) is 1. The molecule has 8 heteroatoms. The third-order valence-electron chi connectivity index (χ3n) is 4.00. The molecule has 0 aromatic heterocycles. The third kappa shape index (κ3) is 3.30. The first-order valence-corrected chi connectivity index (χ1v) is 8.36. The fourth-order valence-corrected chi connectivity index (χ4v) is 4.50. The number of piperidine rings is 2. The maximum atomic E-state index is 12.5. The largest absolute Gasteiger partial charge is 0.469 e. The van der Waals surface area contributed by atoms with E-state index in [0.717, 1.165) is 0 Å². The topological polar surface area (TPSA) is 87.2 Å². The predicted molar refractivity (Wildman–Crippen MR) is 72.0 cm³/mol. The minimum Gasteiger partial charge on any atom is -0.469 e. The summed E-state index contributed by atoms with van der Waals surface area (Å²) >= 11 is 0. The summed E-state index contributed by atoms with van der Waals surface area (Å²) in [5, 5.41) is 9.60. The van der Waals surface area contributed by atoms with Crippen LogP contribution in [0.15, 0.2) is 0 Å². The van der Waals surface area contributed by atoms with Crippen LogP contribution in [-0.4, -0.2) is 67.5 Å². The lowest BCUT2D eigenvalue weighted by Crippen LogP contribution is -2.51. The van der Waals surface area contributed by atoms with Gasteiger partial charge in [0.05, 0.1) is 19.1 Å². The summed E-state index contributed by atoms with van der Waals surface area (Å²) in [6.07, 6.45) is 1.73. The first-order valence-electron chi connectivity index (χ1n) is 6.96. The molecule has 0 aromatic carbocycles. The molecule has 1 N–H and O–H groups in total. The highest BCUT2D eigenvalue weighted by Crippen LogP contribution is 2.24. The molecule has 0 saturated carbocycles. The molecule has 0 aliphatic carbocycles. The molecule has 7 nitrogen and oxygen atoms in total. The van der Waals surface area contributed by atoms with Gasteiger partial charge in [-0.3, -0.25) is 4.79 Å². The molecule has 1 atom stereocenters. The van der Waals surface area contributed by atoms with Crippen LogP contribution in [0.3, 0.4) is 0 Å². The first kappa shape index (κ1) is 15.7. The van der Waals surface area contributed by atoms with Crippen molar-refractivity contribution in [2.75, 3.05) is 33.3 Å². The quantitative estimate of drug-likeness (QED) is 0.715. The van der Waals surface area contributed by atoms with Gasteiger partial charge in [-0.15, -0.1) is 0 Å². The van der Waals surface area contributed by atoms with Crippen LogP contribution in [0.1, 0.15) is 25.7 Å². The summed E-state index contributed by atoms with van der Waals surface area (Å²) in [6, 6.07) is 0. The average Bonchev–Trinajstić information content (AvgIpc) is 2.46. The van der Waals surface area contributed by atoms with E-state index in [1.165, 1.54) is 15.7 Å². The highest BCUT2D eigenvalue weighted by atomic mass is 32.2. The molecule has 20 heavy (non-hydrogen) atoms. The number of nitrogens with zero attached hydrogens (tertiary/aromatic N) is 2. The first-order chi connectivity index (χ1) is 9.45. The van der Waals surface area contributed by atoms with E-state index in [9.17, 15) is 18.3 Å². The summed E-state index contributed by atoms with van der Waals surface area (Å²) < 4.78 is 32.4. The van der Waals surface area contributed by atoms with Crippen molar-refractivity contribution in [3.05, 3.63) is 0 Å². The van der Waals surface area contributed by atoms with Gasteiger partial charge in [0.15, 0.2) is 0 Å². The van der Waals surface area contributed by atoms with E-state index < -0.39 is 16.3 Å². The second-order valence-electron chi connectivity index (χ2n) is 5.36. The highest BCUT2D eigenvalue weighted by molar-refractivity contribution is 7.86. The molecule has 2 fully saturated rings. The van der Waals surface area contributed by atoms with E-state index in [0.29, 0.717) is 45.3 Å². The van der Waals surface area contributed by atoms with Gasteiger partial charge in [-0.1, -0.05) is 0 Å². The molecule has 0 amide bonds. The monoisotopic (exact) mass is 306 g/mol. The Morgan fingerprint density at radius 3 is 2.35 bits per heavy atom. The van der Waals surface area contributed by atoms with Gasteiger partial charge in [-0.05, 0) is 25.7 Å². The molecule has 0 bridgehead atoms. The Morgan fingerprint density at radius 1 is 1.15 bits per heavy atom. The zero-order chi connectivity index (χ0) is 14.8. The summed E-state index contributed by atoms with van der Waals surface area (Å²) in [5.41, 5.74) is 0. The van der Waals surface area contributed by atoms with E-state index in [2.05, 4.69) is 0 Å². The molecule has 2 saturated heterocycles. The Hall–Kier alpha value is -0.700. The second kappa shape index (κ2) is 6.38. The fourth-order valence-electron chi connectivity index (χ4n) is 2.78. The van der Waals surface area contributed by atoms with Gasteiger partial charge in [-0.2, -0.15) is 17.0 Å². The van der Waals surface area contributed by atoms with Gasteiger partial charge < -0.3 is 9.84 Å². The second-order valence-corrected chi connectivity index (χ2v) is 7.29. The van der Waals surface area contributed by atoms with Crippen molar-refractivity contribution in [3.8, 4) is 0 Å². The van der Waals surface area contributed by atoms with Crippen molar-refractivity contribution >= 4 is 16.2 Å². The van der Waals surface area contributed by atoms with Crippen LogP contribution >= 0.6 is 0 Å². The lowest BCUT2D eigenvalue weighted by Gasteiger charge is -2.36. The van der Waals surface area contributed by atoms with Gasteiger partial charge >= 0.3 is 5.97 Å². The zero-order valence-electron chi connectivity index (χ0n) is 11.7. The minimum absolute atomic E-state index is 0.166. The number of carbonyl (C=O) groups is 1. The van der Waals surface area contributed by atoms with Crippen molar-refractivity contribution in [2.24, 2.45) is 5.92 Å². The molecule has 0 aromatic rings. The third-order valence-corrected chi connectivity index (χ3v) is 6.00. The van der Waals surface area contributed by atoms with Crippen LogP contribution in [-0.2, 0) is 19.7 Å². The number of aliphatic hydroxyl groups is 1. The van der Waals surface area contributed by atoms with E-state index >= 15 is 0 Å². The fraction of sp³-hybridized carbons (Fsp3) is 0.917. The van der Waals surface area contributed by atoms with Crippen molar-refractivity contribution in [3.63, 3.8) is 0 Å². The standard InChI is InChI=1S/C12H22N2O5S/c1-19-12(16)10-4-7-13(8-5-10)20(17,18)14-6-2-3-11(15)9-14/h10-11,15H,2-9H2,1H3. The van der Waals surface area contributed by atoms with Crippen molar-refractivity contribution in [2.45, 2.75) is 31.8 Å². The van der Waals surface area contributed by atoms with Crippen LogP contribution < -0.4 is 0 Å². The van der Waals surface area contributed by atoms with Crippen LogP contribution in [0.5, 0.6) is 0 Å². The highest BCUT2D eigenvalue weighted by Gasteiger charge is 2.36.